The molecule has 1 N–H and O–H groups in total. The van der Waals surface area contributed by atoms with E-state index in [1.54, 1.807) is 24.3 Å². The summed E-state index contributed by atoms with van der Waals surface area (Å²) in [7, 11) is 0. The second kappa shape index (κ2) is 8.64. The first-order valence-corrected chi connectivity index (χ1v) is 10.8. The second-order valence-electron chi connectivity index (χ2n) is 7.76. The Labute approximate surface area is 180 Å². The minimum atomic E-state index is -0.415. The predicted molar refractivity (Wildman–Crippen MR) is 115 cm³/mol. The number of rotatable bonds is 4. The van der Waals surface area contributed by atoms with Crippen molar-refractivity contribution in [3.05, 3.63) is 63.9 Å². The van der Waals surface area contributed by atoms with Gasteiger partial charge in [0, 0.05) is 30.2 Å². The molecule has 1 saturated heterocycles. The Morgan fingerprint density at radius 3 is 2.80 bits per heavy atom. The number of halogens is 2. The van der Waals surface area contributed by atoms with E-state index in [2.05, 4.69) is 17.1 Å². The summed E-state index contributed by atoms with van der Waals surface area (Å²) in [5, 5.41) is 3.11. The third-order valence-corrected chi connectivity index (χ3v) is 6.29. The average molecular weight is 430 g/mol. The molecule has 0 aliphatic carbocycles. The average Bonchev–Trinajstić information content (AvgIpc) is 2.99. The second-order valence-corrected chi connectivity index (χ2v) is 8.17. The quantitative estimate of drug-likeness (QED) is 0.773. The molecule has 1 unspecified atom stereocenters. The molecule has 4 rings (SSSR count). The van der Waals surface area contributed by atoms with Gasteiger partial charge in [-0.05, 0) is 62.1 Å². The van der Waals surface area contributed by atoms with Crippen molar-refractivity contribution in [1.82, 2.24) is 10.2 Å². The van der Waals surface area contributed by atoms with E-state index < -0.39 is 5.82 Å². The predicted octanol–water partition coefficient (Wildman–Crippen LogP) is 4.59. The third kappa shape index (κ3) is 3.88. The largest absolute Gasteiger partial charge is 0.351 e. The zero-order valence-corrected chi connectivity index (χ0v) is 17.7. The molecule has 0 radical (unpaired) electrons. The molecule has 2 aromatic rings. The van der Waals surface area contributed by atoms with E-state index in [0.717, 1.165) is 44.5 Å². The van der Waals surface area contributed by atoms with Crippen molar-refractivity contribution >= 4 is 29.1 Å². The first-order valence-electron chi connectivity index (χ1n) is 10.4. The van der Waals surface area contributed by atoms with Gasteiger partial charge in [0.15, 0.2) is 0 Å². The SMILES string of the molecule is CCN1c2cc(C(=O)NCc3ccc(F)cc3Cl)ccc2C(=O)N2CCCCCC21. The highest BCUT2D eigenvalue weighted by atomic mass is 35.5. The highest BCUT2D eigenvalue weighted by Gasteiger charge is 2.37. The van der Waals surface area contributed by atoms with Crippen molar-refractivity contribution in [2.45, 2.75) is 45.3 Å². The molecule has 1 fully saturated rings. The lowest BCUT2D eigenvalue weighted by molar-refractivity contribution is 0.0656. The first-order chi connectivity index (χ1) is 14.5. The maximum Gasteiger partial charge on any atom is 0.257 e. The fraction of sp³-hybridized carbons (Fsp3) is 0.391. The summed E-state index contributed by atoms with van der Waals surface area (Å²) in [6.45, 7) is 3.81. The van der Waals surface area contributed by atoms with Gasteiger partial charge in [0.1, 0.15) is 12.0 Å². The van der Waals surface area contributed by atoms with Crippen LogP contribution in [0.3, 0.4) is 0 Å². The Bertz CT molecular complexity index is 981. The molecule has 0 spiro atoms. The van der Waals surface area contributed by atoms with E-state index in [1.165, 1.54) is 12.1 Å². The van der Waals surface area contributed by atoms with Crippen LogP contribution in [-0.4, -0.2) is 36.0 Å². The lowest BCUT2D eigenvalue weighted by Crippen LogP contribution is -2.55. The van der Waals surface area contributed by atoms with Gasteiger partial charge in [0.2, 0.25) is 0 Å². The van der Waals surface area contributed by atoms with Crippen molar-refractivity contribution in [3.63, 3.8) is 0 Å². The molecule has 2 heterocycles. The van der Waals surface area contributed by atoms with Crippen molar-refractivity contribution in [2.75, 3.05) is 18.0 Å². The van der Waals surface area contributed by atoms with Gasteiger partial charge in [-0.3, -0.25) is 9.59 Å². The van der Waals surface area contributed by atoms with Crippen molar-refractivity contribution in [2.24, 2.45) is 0 Å². The smallest absolute Gasteiger partial charge is 0.257 e. The Hall–Kier alpha value is -2.60. The summed E-state index contributed by atoms with van der Waals surface area (Å²) in [6, 6.07) is 9.34. The summed E-state index contributed by atoms with van der Waals surface area (Å²) in [5.41, 5.74) is 2.59. The highest BCUT2D eigenvalue weighted by molar-refractivity contribution is 6.31. The van der Waals surface area contributed by atoms with Crippen molar-refractivity contribution < 1.29 is 14.0 Å². The fourth-order valence-corrected chi connectivity index (χ4v) is 4.62. The van der Waals surface area contributed by atoms with Gasteiger partial charge in [0.05, 0.1) is 11.3 Å². The molecule has 158 valence electrons. The van der Waals surface area contributed by atoms with Crippen molar-refractivity contribution in [1.29, 1.82) is 0 Å². The van der Waals surface area contributed by atoms with Crippen LogP contribution in [0, 0.1) is 5.82 Å². The Balaban J connectivity index is 1.57. The highest BCUT2D eigenvalue weighted by Crippen LogP contribution is 2.35. The molecule has 5 nitrogen and oxygen atoms in total. The van der Waals surface area contributed by atoms with Crippen LogP contribution < -0.4 is 10.2 Å². The molecule has 7 heteroatoms. The van der Waals surface area contributed by atoms with E-state index in [9.17, 15) is 14.0 Å². The number of anilines is 1. The van der Waals surface area contributed by atoms with Gasteiger partial charge in [-0.2, -0.15) is 0 Å². The number of benzene rings is 2. The van der Waals surface area contributed by atoms with Crippen LogP contribution in [0.4, 0.5) is 10.1 Å². The van der Waals surface area contributed by atoms with E-state index in [-0.39, 0.29) is 29.5 Å². The van der Waals surface area contributed by atoms with Gasteiger partial charge in [0.25, 0.3) is 11.8 Å². The molecule has 2 aliphatic rings. The monoisotopic (exact) mass is 429 g/mol. The standard InChI is InChI=1S/C23H25ClFN3O2/c1-2-27-20-12-15(22(29)26-14-16-7-9-17(25)13-19(16)24)8-10-18(20)23(30)28-11-5-3-4-6-21(27)28/h7-10,12-13,21H,2-6,11,14H2,1H3,(H,26,29). The minimum Gasteiger partial charge on any atom is -0.351 e. The van der Waals surface area contributed by atoms with Gasteiger partial charge in [-0.25, -0.2) is 4.39 Å². The van der Waals surface area contributed by atoms with E-state index in [0.29, 0.717) is 16.7 Å². The van der Waals surface area contributed by atoms with Crippen LogP contribution in [0.2, 0.25) is 5.02 Å². The maximum atomic E-state index is 13.2. The van der Waals surface area contributed by atoms with Crippen LogP contribution >= 0.6 is 11.6 Å². The van der Waals surface area contributed by atoms with Gasteiger partial charge in [-0.1, -0.05) is 24.1 Å². The van der Waals surface area contributed by atoms with Crippen LogP contribution in [-0.2, 0) is 6.54 Å². The van der Waals surface area contributed by atoms with Crippen LogP contribution in [0.25, 0.3) is 0 Å². The molecule has 2 amide bonds. The lowest BCUT2D eigenvalue weighted by atomic mass is 10.0. The maximum absolute atomic E-state index is 13.2. The number of fused-ring (bicyclic) bond motifs is 2. The molecule has 2 aromatic carbocycles. The number of nitrogens with zero attached hydrogens (tertiary/aromatic N) is 2. The minimum absolute atomic E-state index is 0.0478. The first kappa shape index (κ1) is 20.7. The molecule has 0 saturated carbocycles. The molecule has 30 heavy (non-hydrogen) atoms. The van der Waals surface area contributed by atoms with Gasteiger partial charge >= 0.3 is 0 Å². The zero-order valence-electron chi connectivity index (χ0n) is 17.0. The Morgan fingerprint density at radius 2 is 2.03 bits per heavy atom. The number of amides is 2. The third-order valence-electron chi connectivity index (χ3n) is 5.94. The number of carbonyl (C=O) groups is 2. The van der Waals surface area contributed by atoms with E-state index in [4.69, 9.17) is 11.6 Å². The summed E-state index contributed by atoms with van der Waals surface area (Å²) in [6.07, 6.45) is 4.25. The molecule has 2 aliphatic heterocycles. The van der Waals surface area contributed by atoms with E-state index >= 15 is 0 Å². The number of hydrogen-bond acceptors (Lipinski definition) is 3. The number of nitrogens with one attached hydrogen (secondary N) is 1. The normalized spacial score (nSPS) is 18.5. The summed E-state index contributed by atoms with van der Waals surface area (Å²) < 4.78 is 13.2. The van der Waals surface area contributed by atoms with E-state index in [1.807, 2.05) is 4.90 Å². The topological polar surface area (TPSA) is 52.7 Å². The molecule has 1 atom stereocenters. The Kier molecular flexibility index (Phi) is 5.95. The van der Waals surface area contributed by atoms with Gasteiger partial charge in [-0.15, -0.1) is 0 Å². The fourth-order valence-electron chi connectivity index (χ4n) is 4.38. The molecule has 0 bridgehead atoms. The summed E-state index contributed by atoms with van der Waals surface area (Å²) in [5.74, 6) is -0.627. The molecular formula is C23H25ClFN3O2. The van der Waals surface area contributed by atoms with Crippen LogP contribution in [0.1, 0.15) is 58.9 Å². The van der Waals surface area contributed by atoms with Gasteiger partial charge < -0.3 is 15.1 Å². The number of hydrogen-bond donors (Lipinski definition) is 1. The molecule has 0 aromatic heterocycles. The summed E-state index contributed by atoms with van der Waals surface area (Å²) >= 11 is 6.05. The van der Waals surface area contributed by atoms with Crippen LogP contribution in [0.5, 0.6) is 0 Å². The van der Waals surface area contributed by atoms with Crippen molar-refractivity contribution in [3.8, 4) is 0 Å². The zero-order chi connectivity index (χ0) is 21.3. The lowest BCUT2D eigenvalue weighted by Gasteiger charge is -2.44. The summed E-state index contributed by atoms with van der Waals surface area (Å²) in [4.78, 5) is 30.0. The Morgan fingerprint density at radius 1 is 1.20 bits per heavy atom. The van der Waals surface area contributed by atoms with Crippen LogP contribution in [0.15, 0.2) is 36.4 Å². The molecular weight excluding hydrogens is 405 g/mol. The number of carbonyl (C=O) groups excluding carboxylic acids is 2.